The topological polar surface area (TPSA) is 82.8 Å². The van der Waals surface area contributed by atoms with Gasteiger partial charge >= 0.3 is 0 Å². The molecule has 1 amide bonds. The fraction of sp³-hybridized carbons (Fsp3) is 0.600. The molecule has 0 spiro atoms. The van der Waals surface area contributed by atoms with Crippen LogP contribution in [0.3, 0.4) is 0 Å². The first kappa shape index (κ1) is 33.0. The first-order valence-corrected chi connectivity index (χ1v) is 16.6. The van der Waals surface area contributed by atoms with Crippen molar-refractivity contribution in [1.29, 1.82) is 0 Å². The van der Waals surface area contributed by atoms with E-state index in [-0.39, 0.29) is 35.1 Å². The van der Waals surface area contributed by atoms with Crippen LogP contribution in [0.2, 0.25) is 0 Å². The van der Waals surface area contributed by atoms with Crippen molar-refractivity contribution in [3.63, 3.8) is 0 Å². The molecule has 0 aliphatic carbocycles. The lowest BCUT2D eigenvalue weighted by Gasteiger charge is -2.46. The van der Waals surface area contributed by atoms with Gasteiger partial charge in [0.05, 0.1) is 37.0 Å². The van der Waals surface area contributed by atoms with E-state index in [1.807, 2.05) is 19.2 Å². The van der Waals surface area contributed by atoms with Crippen molar-refractivity contribution in [3.8, 4) is 11.1 Å². The second-order valence-electron chi connectivity index (χ2n) is 13.7. The molecule has 4 atom stereocenters. The van der Waals surface area contributed by atoms with Crippen LogP contribution in [0.25, 0.3) is 16.6 Å². The average molecular weight is 640 g/mol. The van der Waals surface area contributed by atoms with E-state index < -0.39 is 17.9 Å². The molecule has 0 saturated carbocycles. The normalized spacial score (nSPS) is 23.8. The number of aryl methyl sites for hydroxylation is 1. The number of carbonyl (C=O) groups is 1. The number of amides is 1. The van der Waals surface area contributed by atoms with Crippen LogP contribution in [0.4, 0.5) is 8.78 Å². The van der Waals surface area contributed by atoms with Gasteiger partial charge in [-0.2, -0.15) is 4.39 Å². The molecule has 0 bridgehead atoms. The van der Waals surface area contributed by atoms with E-state index in [1.165, 1.54) is 12.1 Å². The molecule has 11 heteroatoms. The minimum atomic E-state index is -0.612. The number of rotatable bonds is 10. The van der Waals surface area contributed by atoms with Gasteiger partial charge in [-0.25, -0.2) is 9.37 Å². The number of nitrogens with zero attached hydrogens (tertiary/aromatic N) is 5. The molecule has 1 N–H and O–H groups in total. The zero-order valence-electron chi connectivity index (χ0n) is 27.6. The fourth-order valence-electron chi connectivity index (χ4n) is 7.57. The number of carbonyl (C=O) groups excluding carboxylic acids is 1. The predicted molar refractivity (Wildman–Crippen MR) is 172 cm³/mol. The number of aliphatic hydroxyl groups is 1. The van der Waals surface area contributed by atoms with E-state index >= 15 is 4.39 Å². The number of aliphatic hydroxyl groups excluding tert-OH is 1. The SMILES string of the molecule is CO[C@@H]1CN(CCC[C@H](C(C)C)N2CC(c3cc(-c4ccc(F)cc4C(=O)N4CCOC[C@H]4C)c4c(F)nc(C)n4c3)C2)C[C@H]1O. The summed E-state index contributed by atoms with van der Waals surface area (Å²) < 4.78 is 42.8. The van der Waals surface area contributed by atoms with Crippen molar-refractivity contribution in [2.45, 2.75) is 70.7 Å². The van der Waals surface area contributed by atoms with Crippen molar-refractivity contribution in [2.75, 3.05) is 59.6 Å². The molecule has 2 aromatic heterocycles. The van der Waals surface area contributed by atoms with Crippen LogP contribution in [0.15, 0.2) is 30.5 Å². The van der Waals surface area contributed by atoms with Crippen molar-refractivity contribution in [3.05, 3.63) is 59.2 Å². The molecular weight excluding hydrogens is 592 g/mol. The molecule has 5 heterocycles. The first-order chi connectivity index (χ1) is 22.0. The number of methoxy groups -OCH3 is 1. The molecule has 3 aromatic rings. The molecule has 3 aliphatic heterocycles. The summed E-state index contributed by atoms with van der Waals surface area (Å²) in [7, 11) is 1.65. The maximum atomic E-state index is 15.4. The fourth-order valence-corrected chi connectivity index (χ4v) is 7.57. The number of morpholine rings is 1. The molecule has 9 nitrogen and oxygen atoms in total. The van der Waals surface area contributed by atoms with Crippen LogP contribution >= 0.6 is 0 Å². The third-order valence-electron chi connectivity index (χ3n) is 10.2. The summed E-state index contributed by atoms with van der Waals surface area (Å²) >= 11 is 0. The largest absolute Gasteiger partial charge is 0.389 e. The highest BCUT2D eigenvalue weighted by molar-refractivity contribution is 6.03. The van der Waals surface area contributed by atoms with Gasteiger partial charge < -0.3 is 23.9 Å². The maximum absolute atomic E-state index is 15.4. The second-order valence-corrected chi connectivity index (χ2v) is 13.7. The zero-order valence-corrected chi connectivity index (χ0v) is 27.6. The maximum Gasteiger partial charge on any atom is 0.254 e. The Hall–Kier alpha value is -2.96. The van der Waals surface area contributed by atoms with Gasteiger partial charge in [0.1, 0.15) is 17.2 Å². The number of fused-ring (bicyclic) bond motifs is 1. The lowest BCUT2D eigenvalue weighted by Crippen LogP contribution is -2.52. The number of β-amino-alcohol motifs (C(OH)–C–C–N with tert-alkyl or cyclic N) is 1. The van der Waals surface area contributed by atoms with Crippen LogP contribution in [0.5, 0.6) is 0 Å². The van der Waals surface area contributed by atoms with E-state index in [1.54, 1.807) is 29.4 Å². The van der Waals surface area contributed by atoms with E-state index in [9.17, 15) is 14.3 Å². The van der Waals surface area contributed by atoms with Crippen molar-refractivity contribution >= 4 is 11.4 Å². The van der Waals surface area contributed by atoms with Crippen LogP contribution in [0, 0.1) is 24.6 Å². The third kappa shape index (κ3) is 6.44. The molecule has 250 valence electrons. The summed E-state index contributed by atoms with van der Waals surface area (Å²) in [5, 5.41) is 10.2. The number of ether oxygens (including phenoxy) is 2. The van der Waals surface area contributed by atoms with E-state index in [4.69, 9.17) is 9.47 Å². The van der Waals surface area contributed by atoms with Gasteiger partial charge in [-0.3, -0.25) is 14.6 Å². The first-order valence-electron chi connectivity index (χ1n) is 16.6. The van der Waals surface area contributed by atoms with Crippen molar-refractivity contribution in [1.82, 2.24) is 24.1 Å². The Morgan fingerprint density at radius 2 is 1.93 bits per heavy atom. The van der Waals surface area contributed by atoms with Crippen LogP contribution in [-0.4, -0.2) is 119 Å². The van der Waals surface area contributed by atoms with Crippen LogP contribution < -0.4 is 0 Å². The van der Waals surface area contributed by atoms with Crippen LogP contribution in [0.1, 0.15) is 61.3 Å². The molecular formula is C35H47F2N5O4. The monoisotopic (exact) mass is 639 g/mol. The molecule has 0 radical (unpaired) electrons. The number of likely N-dealkylation sites (tertiary alicyclic amines) is 2. The molecule has 3 aliphatic rings. The van der Waals surface area contributed by atoms with Crippen molar-refractivity contribution in [2.24, 2.45) is 5.92 Å². The van der Waals surface area contributed by atoms with Crippen molar-refractivity contribution < 1.29 is 28.2 Å². The number of halogens is 2. The molecule has 46 heavy (non-hydrogen) atoms. The number of imidazole rings is 1. The summed E-state index contributed by atoms with van der Waals surface area (Å²) in [6.45, 7) is 13.6. The molecule has 1 aromatic carbocycles. The minimum absolute atomic E-state index is 0.112. The summed E-state index contributed by atoms with van der Waals surface area (Å²) in [6.07, 6.45) is 3.53. The van der Waals surface area contributed by atoms with Gasteiger partial charge in [-0.05, 0) is 68.5 Å². The van der Waals surface area contributed by atoms with E-state index in [0.717, 1.165) is 44.6 Å². The summed E-state index contributed by atoms with van der Waals surface area (Å²) in [4.78, 5) is 24.5. The Morgan fingerprint density at radius 3 is 2.63 bits per heavy atom. The van der Waals surface area contributed by atoms with Gasteiger partial charge in [0, 0.05) is 63.6 Å². The molecule has 6 rings (SSSR count). The summed E-state index contributed by atoms with van der Waals surface area (Å²) in [5.74, 6) is -0.190. The Morgan fingerprint density at radius 1 is 1.15 bits per heavy atom. The molecule has 3 saturated heterocycles. The van der Waals surface area contributed by atoms with Gasteiger partial charge in [-0.1, -0.05) is 19.9 Å². The average Bonchev–Trinajstić information content (AvgIpc) is 3.51. The van der Waals surface area contributed by atoms with Crippen LogP contribution in [-0.2, 0) is 9.47 Å². The number of aromatic nitrogens is 2. The van der Waals surface area contributed by atoms with E-state index in [2.05, 4.69) is 28.6 Å². The van der Waals surface area contributed by atoms with Gasteiger partial charge in [-0.15, -0.1) is 0 Å². The quantitative estimate of drug-likeness (QED) is 0.354. The third-order valence-corrected chi connectivity index (χ3v) is 10.2. The highest BCUT2D eigenvalue weighted by atomic mass is 19.1. The number of pyridine rings is 1. The Kier molecular flexibility index (Phi) is 9.78. The molecule has 3 fully saturated rings. The number of hydrogen-bond donors (Lipinski definition) is 1. The molecule has 0 unspecified atom stereocenters. The van der Waals surface area contributed by atoms with Gasteiger partial charge in [0.25, 0.3) is 5.91 Å². The predicted octanol–water partition coefficient (Wildman–Crippen LogP) is 4.34. The van der Waals surface area contributed by atoms with E-state index in [0.29, 0.717) is 55.2 Å². The summed E-state index contributed by atoms with van der Waals surface area (Å²) in [6, 6.07) is 6.43. The number of hydrogen-bond acceptors (Lipinski definition) is 7. The Labute approximate surface area is 270 Å². The smallest absolute Gasteiger partial charge is 0.254 e. The van der Waals surface area contributed by atoms with Gasteiger partial charge in [0.15, 0.2) is 0 Å². The minimum Gasteiger partial charge on any atom is -0.389 e. The second kappa shape index (κ2) is 13.6. The standard InChI is InChI=1S/C35H47F2N5O4/c1-21(2)30(7-6-10-39-18-31(43)32(19-39)45-5)40-15-25(16-40)24-13-28(33-34(37)38-23(4)42(33)17-24)27-9-8-26(36)14-29(27)35(44)41-11-12-46-20-22(41)3/h8-9,13-14,17,21-22,25,30-32,43H,6-7,10-12,15-16,18-20H2,1-5H3/t22-,30-,31-,32-/m1/s1. The lowest BCUT2D eigenvalue weighted by molar-refractivity contribution is 0.00361. The highest BCUT2D eigenvalue weighted by Crippen LogP contribution is 2.38. The van der Waals surface area contributed by atoms with Gasteiger partial charge in [0.2, 0.25) is 5.95 Å². The lowest BCUT2D eigenvalue weighted by atomic mass is 9.85. The zero-order chi connectivity index (χ0) is 32.7. The number of benzene rings is 1. The highest BCUT2D eigenvalue weighted by Gasteiger charge is 2.36. The summed E-state index contributed by atoms with van der Waals surface area (Å²) in [5.41, 5.74) is 2.58. The Balaban J connectivity index is 1.24. The Bertz CT molecular complexity index is 1560.